The van der Waals surface area contributed by atoms with Crippen molar-refractivity contribution < 1.29 is 0 Å². The van der Waals surface area contributed by atoms with E-state index in [0.717, 1.165) is 78.2 Å². The van der Waals surface area contributed by atoms with Crippen LogP contribution in [-0.2, 0) is 21.7 Å². The zero-order chi connectivity index (χ0) is 52.5. The first-order valence-corrected chi connectivity index (χ1v) is 27.2. The van der Waals surface area contributed by atoms with E-state index in [0.29, 0.717) is 0 Å². The number of rotatable bonds is 3. The molecule has 372 valence electrons. The van der Waals surface area contributed by atoms with Crippen LogP contribution < -0.4 is 0 Å². The minimum absolute atomic E-state index is 0.0765. The van der Waals surface area contributed by atoms with E-state index >= 15 is 0 Å². The summed E-state index contributed by atoms with van der Waals surface area (Å²) in [5.74, 6) is 0. The number of nitrogens with one attached hydrogen (secondary N) is 2. The topological polar surface area (TPSA) is 57.4 Å². The molecular formula is C72H64N4. The molecule has 3 aromatic heterocycles. The molecule has 0 fully saturated rings. The van der Waals surface area contributed by atoms with Crippen molar-refractivity contribution in [2.75, 3.05) is 0 Å². The summed E-state index contributed by atoms with van der Waals surface area (Å²) in [4.78, 5) is 19.4. The van der Waals surface area contributed by atoms with Crippen molar-refractivity contribution in [3.63, 3.8) is 0 Å². The predicted molar refractivity (Wildman–Crippen MR) is 329 cm³/mol. The summed E-state index contributed by atoms with van der Waals surface area (Å²) in [6, 6.07) is 51.3. The minimum atomic E-state index is -0.0765. The quantitative estimate of drug-likeness (QED) is 0.137. The molecule has 4 nitrogen and oxygen atoms in total. The van der Waals surface area contributed by atoms with Gasteiger partial charge in [-0.15, -0.1) is 0 Å². The lowest BCUT2D eigenvalue weighted by Crippen LogP contribution is -2.16. The number of H-pyrrole nitrogens is 2. The Labute approximate surface area is 445 Å². The second-order valence-corrected chi connectivity index (χ2v) is 26.1. The molecule has 14 rings (SSSR count). The highest BCUT2D eigenvalue weighted by molar-refractivity contribution is 6.45. The fourth-order valence-corrected chi connectivity index (χ4v) is 12.5. The molecule has 0 aliphatic carbocycles. The van der Waals surface area contributed by atoms with Crippen LogP contribution in [0.4, 0.5) is 0 Å². The van der Waals surface area contributed by atoms with Crippen molar-refractivity contribution in [2.45, 2.75) is 105 Å². The molecule has 5 heterocycles. The zero-order valence-electron chi connectivity index (χ0n) is 45.9. The Kier molecular flexibility index (Phi) is 9.62. The Morgan fingerprint density at radius 3 is 1.20 bits per heavy atom. The van der Waals surface area contributed by atoms with Gasteiger partial charge in [0.2, 0.25) is 0 Å². The fraction of sp³-hybridized carbons (Fsp3) is 0.222. The van der Waals surface area contributed by atoms with Gasteiger partial charge in [-0.3, -0.25) is 0 Å². The molecule has 0 saturated heterocycles. The first kappa shape index (κ1) is 46.5. The number of fused-ring (bicyclic) bond motifs is 8. The van der Waals surface area contributed by atoms with Gasteiger partial charge in [0.1, 0.15) is 0 Å². The third kappa shape index (κ3) is 7.16. The van der Waals surface area contributed by atoms with Crippen LogP contribution in [0, 0.1) is 0 Å². The van der Waals surface area contributed by atoms with Crippen LogP contribution in [0.25, 0.3) is 144 Å². The van der Waals surface area contributed by atoms with Crippen LogP contribution in [0.2, 0.25) is 0 Å². The number of hydrogen-bond donors (Lipinski definition) is 2. The smallest absolute Gasteiger partial charge is 0.0737 e. The number of aromatic nitrogens is 4. The van der Waals surface area contributed by atoms with Crippen LogP contribution in [0.3, 0.4) is 0 Å². The molecule has 2 aliphatic heterocycles. The third-order valence-electron chi connectivity index (χ3n) is 16.8. The van der Waals surface area contributed by atoms with Crippen molar-refractivity contribution >= 4 is 111 Å². The molecule has 0 unspecified atom stereocenters. The molecule has 76 heavy (non-hydrogen) atoms. The van der Waals surface area contributed by atoms with Gasteiger partial charge in [-0.05, 0) is 186 Å². The second kappa shape index (κ2) is 15.7. The molecule has 9 aromatic carbocycles. The van der Waals surface area contributed by atoms with Crippen molar-refractivity contribution in [3.8, 4) is 33.4 Å². The first-order valence-electron chi connectivity index (χ1n) is 27.2. The summed E-state index contributed by atoms with van der Waals surface area (Å²) in [6.45, 7) is 27.8. The molecule has 4 heteroatoms. The fourth-order valence-electron chi connectivity index (χ4n) is 12.5. The molecular weight excluding hydrogens is 921 g/mol. The highest BCUT2D eigenvalue weighted by Crippen LogP contribution is 2.51. The monoisotopic (exact) mass is 985 g/mol. The molecule has 2 N–H and O–H groups in total. The molecule has 8 bridgehead atoms. The number of aromatic amines is 2. The maximum atomic E-state index is 5.86. The van der Waals surface area contributed by atoms with E-state index in [1.54, 1.807) is 0 Å². The van der Waals surface area contributed by atoms with E-state index in [9.17, 15) is 0 Å². The Balaban J connectivity index is 1.17. The van der Waals surface area contributed by atoms with Gasteiger partial charge in [-0.1, -0.05) is 180 Å². The Morgan fingerprint density at radius 2 is 0.697 bits per heavy atom. The van der Waals surface area contributed by atoms with Crippen LogP contribution in [-0.4, -0.2) is 19.9 Å². The summed E-state index contributed by atoms with van der Waals surface area (Å²) in [5.41, 5.74) is 19.2. The molecule has 0 saturated carbocycles. The van der Waals surface area contributed by atoms with Gasteiger partial charge in [0.25, 0.3) is 0 Å². The predicted octanol–water partition coefficient (Wildman–Crippen LogP) is 20.1. The highest BCUT2D eigenvalue weighted by Gasteiger charge is 2.28. The molecule has 12 aromatic rings. The Morgan fingerprint density at radius 1 is 0.316 bits per heavy atom. The first-order chi connectivity index (χ1) is 36.1. The average Bonchev–Trinajstić information content (AvgIpc) is 4.25. The van der Waals surface area contributed by atoms with Crippen molar-refractivity contribution in [2.24, 2.45) is 0 Å². The van der Waals surface area contributed by atoms with Crippen molar-refractivity contribution in [3.05, 3.63) is 178 Å². The van der Waals surface area contributed by atoms with Gasteiger partial charge in [-0.2, -0.15) is 0 Å². The molecule has 2 aliphatic rings. The van der Waals surface area contributed by atoms with Gasteiger partial charge in [0.05, 0.1) is 22.8 Å². The average molecular weight is 985 g/mol. The van der Waals surface area contributed by atoms with Gasteiger partial charge in [0.15, 0.2) is 0 Å². The molecule has 0 spiro atoms. The SMILES string of the molecule is CC(C)(C)c1cc(-c2c3nc(c(-c4cc5ccc6ccc7ccc8ccc9ccc4c4c9c8c7c6c54)c4ccc([nH]4)c(-c4cc(C(C)(C)C)cc(C(C)(C)C)c4)c4nc(cc5ccc2[nH]5)C=C4)C=C3)cc(C(C)(C)C)c1. The van der Waals surface area contributed by atoms with Crippen molar-refractivity contribution in [1.29, 1.82) is 0 Å². The van der Waals surface area contributed by atoms with Crippen LogP contribution in [0.15, 0.2) is 133 Å². The number of hydrogen-bond acceptors (Lipinski definition) is 2. The van der Waals surface area contributed by atoms with Crippen LogP contribution >= 0.6 is 0 Å². The number of benzene rings is 9. The maximum absolute atomic E-state index is 5.86. The van der Waals surface area contributed by atoms with E-state index in [-0.39, 0.29) is 21.7 Å². The van der Waals surface area contributed by atoms with Crippen molar-refractivity contribution in [1.82, 2.24) is 19.9 Å². The minimum Gasteiger partial charge on any atom is -0.355 e. The molecule has 0 amide bonds. The van der Waals surface area contributed by atoms with E-state index in [1.807, 2.05) is 0 Å². The van der Waals surface area contributed by atoms with Gasteiger partial charge >= 0.3 is 0 Å². The van der Waals surface area contributed by atoms with E-state index in [2.05, 4.69) is 251 Å². The summed E-state index contributed by atoms with van der Waals surface area (Å²) in [5, 5.41) is 15.6. The van der Waals surface area contributed by atoms with E-state index in [4.69, 9.17) is 9.97 Å². The lowest BCUT2D eigenvalue weighted by Gasteiger charge is -2.26. The van der Waals surface area contributed by atoms with E-state index < -0.39 is 0 Å². The summed E-state index contributed by atoms with van der Waals surface area (Å²) in [6.07, 6.45) is 8.86. The lowest BCUT2D eigenvalue weighted by molar-refractivity contribution is 0.568. The zero-order valence-corrected chi connectivity index (χ0v) is 45.9. The molecule has 0 atom stereocenters. The van der Waals surface area contributed by atoms with E-state index in [1.165, 1.54) is 86.9 Å². The summed E-state index contributed by atoms with van der Waals surface area (Å²) < 4.78 is 0. The van der Waals surface area contributed by atoms with Crippen LogP contribution in [0.5, 0.6) is 0 Å². The largest absolute Gasteiger partial charge is 0.355 e. The second-order valence-electron chi connectivity index (χ2n) is 26.1. The number of nitrogens with zero attached hydrogens (tertiary/aromatic N) is 2. The normalized spacial score (nSPS) is 13.7. The Bertz CT molecular complexity index is 4460. The highest BCUT2D eigenvalue weighted by atomic mass is 14.8. The third-order valence-corrected chi connectivity index (χ3v) is 16.8. The Hall–Kier alpha value is -8.08. The summed E-state index contributed by atoms with van der Waals surface area (Å²) in [7, 11) is 0. The lowest BCUT2D eigenvalue weighted by atomic mass is 9.78. The van der Waals surface area contributed by atoms with Gasteiger partial charge < -0.3 is 9.97 Å². The van der Waals surface area contributed by atoms with Gasteiger partial charge in [0, 0.05) is 38.8 Å². The summed E-state index contributed by atoms with van der Waals surface area (Å²) >= 11 is 0. The van der Waals surface area contributed by atoms with Gasteiger partial charge in [-0.25, -0.2) is 9.97 Å². The standard InChI is InChI=1S/C72H64N4/c1-69(2,3)46-31-44(32-47(36-46)70(4,5)6)60-54-25-22-50(73-54)38-51-23-26-55(74-51)61(45-33-48(71(7,8)9)37-49(34-45)72(10,11)12)57-28-30-59(76-57)67(58-29-27-56(60)75-58)53-35-43-20-19-41-16-14-39-13-15-40-17-18-42-21-24-52(53)68-65(42)63(40)62(39)64(41)66(43)68/h13-38,73,76H,1-12H3. The maximum Gasteiger partial charge on any atom is 0.0737 e. The molecule has 0 radical (unpaired) electrons. The van der Waals surface area contributed by atoms with Crippen LogP contribution in [0.1, 0.15) is 128 Å².